The summed E-state index contributed by atoms with van der Waals surface area (Å²) in [7, 11) is 0. The van der Waals surface area contributed by atoms with Gasteiger partial charge < -0.3 is 16.0 Å². The van der Waals surface area contributed by atoms with Gasteiger partial charge >= 0.3 is 0 Å². The predicted octanol–water partition coefficient (Wildman–Crippen LogP) is 3.58. The highest BCUT2D eigenvalue weighted by Gasteiger charge is 2.28. The first-order valence-electron chi connectivity index (χ1n) is 10.9. The van der Waals surface area contributed by atoms with E-state index in [0.29, 0.717) is 19.5 Å². The first-order valence-corrected chi connectivity index (χ1v) is 10.9. The van der Waals surface area contributed by atoms with Gasteiger partial charge in [-0.3, -0.25) is 9.59 Å². The third kappa shape index (κ3) is 6.28. The van der Waals surface area contributed by atoms with Crippen molar-refractivity contribution in [3.63, 3.8) is 0 Å². The Morgan fingerprint density at radius 3 is 2.19 bits per heavy atom. The molecular weight excluding hydrogens is 386 g/mol. The molecule has 0 fully saturated rings. The highest BCUT2D eigenvalue weighted by atomic mass is 16.2. The van der Waals surface area contributed by atoms with Gasteiger partial charge in [0, 0.05) is 25.2 Å². The number of nitrogens with zero attached hydrogens (tertiary/aromatic N) is 1. The van der Waals surface area contributed by atoms with Crippen LogP contribution < -0.4 is 11.1 Å². The maximum Gasteiger partial charge on any atom is 0.246 e. The van der Waals surface area contributed by atoms with Crippen LogP contribution in [-0.2, 0) is 29.1 Å². The topological polar surface area (TPSA) is 75.4 Å². The van der Waals surface area contributed by atoms with Gasteiger partial charge in [-0.1, -0.05) is 81.4 Å². The van der Waals surface area contributed by atoms with Crippen molar-refractivity contribution in [1.82, 2.24) is 10.2 Å². The zero-order chi connectivity index (χ0) is 22.4. The summed E-state index contributed by atoms with van der Waals surface area (Å²) in [6.07, 6.45) is 4.88. The van der Waals surface area contributed by atoms with E-state index in [1.165, 1.54) is 16.7 Å². The van der Waals surface area contributed by atoms with Crippen LogP contribution in [0.25, 0.3) is 0 Å². The van der Waals surface area contributed by atoms with E-state index < -0.39 is 6.04 Å². The minimum absolute atomic E-state index is 0.0460. The SMILES string of the molecule is CC(C)(C)C(N)C(=O)N[C@H](/C=C/C(=O)N1Cc2ccccc2C1)CCc1ccccc1. The molecule has 0 aromatic heterocycles. The van der Waals surface area contributed by atoms with Gasteiger partial charge in [-0.25, -0.2) is 0 Å². The average molecular weight is 420 g/mol. The maximum absolute atomic E-state index is 12.8. The van der Waals surface area contributed by atoms with E-state index in [9.17, 15) is 9.59 Å². The molecule has 2 aromatic carbocycles. The van der Waals surface area contributed by atoms with E-state index >= 15 is 0 Å². The Morgan fingerprint density at radius 1 is 1.03 bits per heavy atom. The number of fused-ring (bicyclic) bond motifs is 1. The molecule has 0 saturated carbocycles. The van der Waals surface area contributed by atoms with Crippen molar-refractivity contribution in [1.29, 1.82) is 0 Å². The second kappa shape index (κ2) is 9.92. The monoisotopic (exact) mass is 419 g/mol. The molecule has 0 bridgehead atoms. The lowest BCUT2D eigenvalue weighted by molar-refractivity contribution is -0.127. The van der Waals surface area contributed by atoms with E-state index in [1.807, 2.05) is 62.1 Å². The summed E-state index contributed by atoms with van der Waals surface area (Å²) in [5.41, 5.74) is 9.37. The number of nitrogens with one attached hydrogen (secondary N) is 1. The van der Waals surface area contributed by atoms with Crippen LogP contribution in [0.3, 0.4) is 0 Å². The minimum atomic E-state index is -0.621. The van der Waals surface area contributed by atoms with Gasteiger partial charge in [0.2, 0.25) is 11.8 Å². The van der Waals surface area contributed by atoms with Crippen LogP contribution in [0.1, 0.15) is 43.9 Å². The fraction of sp³-hybridized carbons (Fsp3) is 0.385. The molecule has 3 N–H and O–H groups in total. The van der Waals surface area contributed by atoms with Gasteiger partial charge in [0.1, 0.15) is 0 Å². The second-order valence-electron chi connectivity index (χ2n) is 9.31. The largest absolute Gasteiger partial charge is 0.349 e. The van der Waals surface area contributed by atoms with Crippen molar-refractivity contribution >= 4 is 11.8 Å². The smallest absolute Gasteiger partial charge is 0.246 e. The van der Waals surface area contributed by atoms with Crippen LogP contribution in [0.4, 0.5) is 0 Å². The number of hydrogen-bond acceptors (Lipinski definition) is 3. The number of carbonyl (C=O) groups is 2. The molecule has 1 unspecified atom stereocenters. The number of nitrogens with two attached hydrogens (primary N) is 1. The Labute approximate surface area is 185 Å². The molecule has 3 rings (SSSR count). The number of benzene rings is 2. The Morgan fingerprint density at radius 2 is 1.61 bits per heavy atom. The first kappa shape index (κ1) is 22.8. The second-order valence-corrected chi connectivity index (χ2v) is 9.31. The van der Waals surface area contributed by atoms with Crippen LogP contribution in [0.15, 0.2) is 66.7 Å². The summed E-state index contributed by atoms with van der Waals surface area (Å²) in [4.78, 5) is 27.3. The number of carbonyl (C=O) groups excluding carboxylic acids is 2. The van der Waals surface area contributed by atoms with Gasteiger partial charge in [0.25, 0.3) is 0 Å². The molecule has 1 aliphatic heterocycles. The highest BCUT2D eigenvalue weighted by molar-refractivity contribution is 5.88. The molecule has 5 heteroatoms. The lowest BCUT2D eigenvalue weighted by atomic mass is 9.86. The van der Waals surface area contributed by atoms with Crippen molar-refractivity contribution in [2.24, 2.45) is 11.1 Å². The summed E-state index contributed by atoms with van der Waals surface area (Å²) in [6, 6.07) is 17.3. The van der Waals surface area contributed by atoms with Gasteiger partial charge in [-0.2, -0.15) is 0 Å². The fourth-order valence-corrected chi connectivity index (χ4v) is 3.64. The van der Waals surface area contributed by atoms with Gasteiger partial charge in [-0.15, -0.1) is 0 Å². The number of hydrogen-bond donors (Lipinski definition) is 2. The summed E-state index contributed by atoms with van der Waals surface area (Å²) in [6.45, 7) is 7.08. The van der Waals surface area contributed by atoms with Crippen LogP contribution in [0.5, 0.6) is 0 Å². The van der Waals surface area contributed by atoms with Gasteiger partial charge in [0.05, 0.1) is 6.04 Å². The van der Waals surface area contributed by atoms with Crippen molar-refractivity contribution in [2.75, 3.05) is 0 Å². The molecule has 2 amide bonds. The lowest BCUT2D eigenvalue weighted by Gasteiger charge is -2.27. The van der Waals surface area contributed by atoms with Crippen LogP contribution in [0, 0.1) is 5.41 Å². The van der Waals surface area contributed by atoms with Crippen molar-refractivity contribution < 1.29 is 9.59 Å². The Bertz CT molecular complexity index is 906. The van der Waals surface area contributed by atoms with Crippen LogP contribution >= 0.6 is 0 Å². The van der Waals surface area contributed by atoms with Crippen LogP contribution in [-0.4, -0.2) is 28.8 Å². The molecule has 164 valence electrons. The van der Waals surface area contributed by atoms with E-state index in [-0.39, 0.29) is 23.3 Å². The molecule has 1 aliphatic rings. The van der Waals surface area contributed by atoms with E-state index in [4.69, 9.17) is 5.73 Å². The zero-order valence-corrected chi connectivity index (χ0v) is 18.7. The van der Waals surface area contributed by atoms with Crippen molar-refractivity contribution in [2.45, 2.75) is 58.8 Å². The molecule has 0 spiro atoms. The molecule has 0 radical (unpaired) electrons. The van der Waals surface area contributed by atoms with Gasteiger partial charge in [0.15, 0.2) is 0 Å². The predicted molar refractivity (Wildman–Crippen MR) is 124 cm³/mol. The fourth-order valence-electron chi connectivity index (χ4n) is 3.64. The molecular formula is C26H33N3O2. The molecule has 2 atom stereocenters. The molecule has 2 aromatic rings. The number of aryl methyl sites for hydroxylation is 1. The van der Waals surface area contributed by atoms with E-state index in [0.717, 1.165) is 6.42 Å². The quantitative estimate of drug-likeness (QED) is 0.674. The number of rotatable bonds is 7. The summed E-state index contributed by atoms with van der Waals surface area (Å²) >= 11 is 0. The number of amides is 2. The Hall–Kier alpha value is -2.92. The summed E-state index contributed by atoms with van der Waals surface area (Å²) < 4.78 is 0. The van der Waals surface area contributed by atoms with E-state index in [2.05, 4.69) is 29.6 Å². The highest BCUT2D eigenvalue weighted by Crippen LogP contribution is 2.22. The molecule has 1 heterocycles. The third-order valence-corrected chi connectivity index (χ3v) is 5.75. The van der Waals surface area contributed by atoms with Crippen molar-refractivity contribution in [3.05, 3.63) is 83.4 Å². The minimum Gasteiger partial charge on any atom is -0.349 e. The normalized spacial score (nSPS) is 15.5. The average Bonchev–Trinajstić information content (AvgIpc) is 3.19. The van der Waals surface area contributed by atoms with Gasteiger partial charge in [-0.05, 0) is 34.9 Å². The first-order chi connectivity index (χ1) is 14.7. The zero-order valence-electron chi connectivity index (χ0n) is 18.7. The standard InChI is InChI=1S/C26H33N3O2/c1-26(2,3)24(27)25(31)28-22(14-13-19-9-5-4-6-10-19)15-16-23(30)29-17-20-11-7-8-12-21(20)18-29/h4-12,15-16,22,24H,13-14,17-18,27H2,1-3H3,(H,28,31)/b16-15+/t22-,24?/m0/s1. The lowest BCUT2D eigenvalue weighted by Crippen LogP contribution is -2.51. The van der Waals surface area contributed by atoms with Crippen LogP contribution in [0.2, 0.25) is 0 Å². The summed E-state index contributed by atoms with van der Waals surface area (Å²) in [5.74, 6) is -0.244. The maximum atomic E-state index is 12.8. The third-order valence-electron chi connectivity index (χ3n) is 5.75. The molecule has 0 aliphatic carbocycles. The molecule has 31 heavy (non-hydrogen) atoms. The Balaban J connectivity index is 1.66. The summed E-state index contributed by atoms with van der Waals surface area (Å²) in [5, 5.41) is 3.04. The Kier molecular flexibility index (Phi) is 7.29. The van der Waals surface area contributed by atoms with Crippen molar-refractivity contribution in [3.8, 4) is 0 Å². The van der Waals surface area contributed by atoms with E-state index in [1.54, 1.807) is 6.08 Å². The molecule has 5 nitrogen and oxygen atoms in total. The molecule has 0 saturated heterocycles.